The number of hydrogen-bond donors (Lipinski definition) is 0. The standard InChI is InChI=1S/C22H19Cl/c23-22-13-7-10-19(17-22)16-21(20-11-5-2-6-12-20)15-14-18-8-3-1-4-9-18/h1-15,17,21H,16H2/b15-14+. The molecular weight excluding hydrogens is 300 g/mol. The van der Waals surface area contributed by atoms with Gasteiger partial charge in [0.05, 0.1) is 0 Å². The van der Waals surface area contributed by atoms with Crippen LogP contribution in [0.3, 0.4) is 0 Å². The van der Waals surface area contributed by atoms with Gasteiger partial charge in [-0.3, -0.25) is 0 Å². The van der Waals surface area contributed by atoms with Gasteiger partial charge < -0.3 is 0 Å². The molecule has 0 aliphatic rings. The Morgan fingerprint density at radius 1 is 0.783 bits per heavy atom. The fourth-order valence-corrected chi connectivity index (χ4v) is 2.92. The van der Waals surface area contributed by atoms with Gasteiger partial charge in [0.15, 0.2) is 0 Å². The van der Waals surface area contributed by atoms with E-state index in [4.69, 9.17) is 11.6 Å². The molecule has 0 spiro atoms. The van der Waals surface area contributed by atoms with Gasteiger partial charge in [-0.25, -0.2) is 0 Å². The lowest BCUT2D eigenvalue weighted by molar-refractivity contribution is 0.839. The van der Waals surface area contributed by atoms with Crippen molar-refractivity contribution in [1.29, 1.82) is 0 Å². The van der Waals surface area contributed by atoms with E-state index < -0.39 is 0 Å². The summed E-state index contributed by atoms with van der Waals surface area (Å²) in [5, 5.41) is 0.793. The summed E-state index contributed by atoms with van der Waals surface area (Å²) in [6.07, 6.45) is 5.42. The van der Waals surface area contributed by atoms with Crippen molar-refractivity contribution in [2.24, 2.45) is 0 Å². The molecule has 0 N–H and O–H groups in total. The van der Waals surface area contributed by atoms with Crippen LogP contribution in [-0.2, 0) is 6.42 Å². The Morgan fingerprint density at radius 2 is 1.48 bits per heavy atom. The van der Waals surface area contributed by atoms with Crippen LogP contribution in [0, 0.1) is 0 Å². The van der Waals surface area contributed by atoms with Crippen LogP contribution in [0.25, 0.3) is 6.08 Å². The summed E-state index contributed by atoms with van der Waals surface area (Å²) in [4.78, 5) is 0. The Morgan fingerprint density at radius 3 is 2.17 bits per heavy atom. The second-order valence-corrected chi connectivity index (χ2v) is 6.06. The highest BCUT2D eigenvalue weighted by Gasteiger charge is 2.09. The average Bonchev–Trinajstić information content (AvgIpc) is 2.60. The molecule has 0 bridgehead atoms. The zero-order valence-electron chi connectivity index (χ0n) is 12.9. The lowest BCUT2D eigenvalue weighted by Gasteiger charge is -2.14. The first-order valence-corrected chi connectivity index (χ1v) is 8.22. The zero-order chi connectivity index (χ0) is 15.9. The maximum atomic E-state index is 6.13. The van der Waals surface area contributed by atoms with Crippen LogP contribution in [0.5, 0.6) is 0 Å². The fraction of sp³-hybridized carbons (Fsp3) is 0.0909. The van der Waals surface area contributed by atoms with Crippen molar-refractivity contribution in [2.75, 3.05) is 0 Å². The van der Waals surface area contributed by atoms with E-state index in [9.17, 15) is 0 Å². The van der Waals surface area contributed by atoms with Crippen LogP contribution in [-0.4, -0.2) is 0 Å². The van der Waals surface area contributed by atoms with Crippen molar-refractivity contribution in [3.63, 3.8) is 0 Å². The van der Waals surface area contributed by atoms with Gasteiger partial charge in [-0.1, -0.05) is 96.5 Å². The molecule has 0 aliphatic heterocycles. The van der Waals surface area contributed by atoms with Gasteiger partial charge in [-0.15, -0.1) is 0 Å². The minimum absolute atomic E-state index is 0.329. The van der Waals surface area contributed by atoms with Gasteiger partial charge in [0.1, 0.15) is 0 Å². The number of hydrogen-bond acceptors (Lipinski definition) is 0. The molecule has 23 heavy (non-hydrogen) atoms. The number of allylic oxidation sites excluding steroid dienone is 1. The Hall–Kier alpha value is -2.31. The Balaban J connectivity index is 1.86. The molecule has 0 aromatic heterocycles. The summed E-state index contributed by atoms with van der Waals surface area (Å²) in [6, 6.07) is 29.1. The normalized spacial score (nSPS) is 12.4. The van der Waals surface area contributed by atoms with E-state index in [1.165, 1.54) is 16.7 Å². The van der Waals surface area contributed by atoms with Crippen LogP contribution in [0.1, 0.15) is 22.6 Å². The van der Waals surface area contributed by atoms with E-state index in [0.29, 0.717) is 5.92 Å². The molecular formula is C22H19Cl. The van der Waals surface area contributed by atoms with Crippen molar-refractivity contribution in [3.8, 4) is 0 Å². The highest BCUT2D eigenvalue weighted by molar-refractivity contribution is 6.30. The first kappa shape index (κ1) is 15.6. The van der Waals surface area contributed by atoms with Gasteiger partial charge in [0, 0.05) is 10.9 Å². The van der Waals surface area contributed by atoms with Crippen molar-refractivity contribution in [1.82, 2.24) is 0 Å². The van der Waals surface area contributed by atoms with Gasteiger partial charge in [-0.05, 0) is 35.2 Å². The van der Waals surface area contributed by atoms with Crippen LogP contribution >= 0.6 is 11.6 Å². The Bertz CT molecular complexity index is 760. The molecule has 0 heterocycles. The third-order valence-electron chi connectivity index (χ3n) is 3.89. The molecule has 0 nitrogen and oxygen atoms in total. The maximum absolute atomic E-state index is 6.13. The molecule has 0 amide bonds. The van der Waals surface area contributed by atoms with E-state index in [2.05, 4.69) is 72.8 Å². The molecule has 114 valence electrons. The lowest BCUT2D eigenvalue weighted by atomic mass is 9.91. The van der Waals surface area contributed by atoms with Crippen LogP contribution in [0.4, 0.5) is 0 Å². The zero-order valence-corrected chi connectivity index (χ0v) is 13.7. The van der Waals surface area contributed by atoms with E-state index >= 15 is 0 Å². The molecule has 3 rings (SSSR count). The molecule has 0 fully saturated rings. The van der Waals surface area contributed by atoms with Crippen molar-refractivity contribution in [2.45, 2.75) is 12.3 Å². The van der Waals surface area contributed by atoms with Crippen LogP contribution < -0.4 is 0 Å². The lowest BCUT2D eigenvalue weighted by Crippen LogP contribution is -2.00. The second-order valence-electron chi connectivity index (χ2n) is 5.62. The van der Waals surface area contributed by atoms with E-state index in [1.54, 1.807) is 0 Å². The molecule has 0 radical (unpaired) electrons. The van der Waals surface area contributed by atoms with E-state index in [1.807, 2.05) is 24.3 Å². The van der Waals surface area contributed by atoms with Crippen molar-refractivity contribution in [3.05, 3.63) is 113 Å². The quantitative estimate of drug-likeness (QED) is 0.512. The maximum Gasteiger partial charge on any atom is 0.0408 e. The number of halogens is 1. The summed E-state index contributed by atoms with van der Waals surface area (Å²) < 4.78 is 0. The fourth-order valence-electron chi connectivity index (χ4n) is 2.71. The second kappa shape index (κ2) is 7.80. The Labute approximate surface area is 143 Å². The molecule has 0 saturated heterocycles. The number of benzene rings is 3. The monoisotopic (exact) mass is 318 g/mol. The van der Waals surface area contributed by atoms with Crippen molar-refractivity contribution < 1.29 is 0 Å². The SMILES string of the molecule is Clc1cccc(CC(/C=C/c2ccccc2)c2ccccc2)c1. The molecule has 1 unspecified atom stereocenters. The number of rotatable bonds is 5. The summed E-state index contributed by atoms with van der Waals surface area (Å²) in [7, 11) is 0. The summed E-state index contributed by atoms with van der Waals surface area (Å²) in [5.41, 5.74) is 3.79. The summed E-state index contributed by atoms with van der Waals surface area (Å²) in [6.45, 7) is 0. The first-order valence-electron chi connectivity index (χ1n) is 7.84. The molecule has 3 aromatic rings. The van der Waals surface area contributed by atoms with Gasteiger partial charge >= 0.3 is 0 Å². The summed E-state index contributed by atoms with van der Waals surface area (Å²) in [5.74, 6) is 0.329. The predicted molar refractivity (Wildman–Crippen MR) is 99.8 cm³/mol. The van der Waals surface area contributed by atoms with Crippen LogP contribution in [0.2, 0.25) is 5.02 Å². The van der Waals surface area contributed by atoms with Crippen molar-refractivity contribution >= 4 is 17.7 Å². The van der Waals surface area contributed by atoms with Crippen LogP contribution in [0.15, 0.2) is 91.0 Å². The molecule has 1 heteroatoms. The third kappa shape index (κ3) is 4.58. The molecule has 0 aliphatic carbocycles. The first-order chi connectivity index (χ1) is 11.3. The summed E-state index contributed by atoms with van der Waals surface area (Å²) >= 11 is 6.13. The van der Waals surface area contributed by atoms with E-state index in [0.717, 1.165) is 11.4 Å². The predicted octanol–water partition coefficient (Wildman–Crippen LogP) is 6.38. The molecule has 1 atom stereocenters. The van der Waals surface area contributed by atoms with Gasteiger partial charge in [-0.2, -0.15) is 0 Å². The minimum atomic E-state index is 0.329. The van der Waals surface area contributed by atoms with E-state index in [-0.39, 0.29) is 0 Å². The topological polar surface area (TPSA) is 0 Å². The Kier molecular flexibility index (Phi) is 5.29. The largest absolute Gasteiger partial charge is 0.0843 e. The smallest absolute Gasteiger partial charge is 0.0408 e. The van der Waals surface area contributed by atoms with Gasteiger partial charge in [0.25, 0.3) is 0 Å². The highest BCUT2D eigenvalue weighted by Crippen LogP contribution is 2.24. The molecule has 0 saturated carbocycles. The third-order valence-corrected chi connectivity index (χ3v) is 4.13. The average molecular weight is 319 g/mol. The highest BCUT2D eigenvalue weighted by atomic mass is 35.5. The minimum Gasteiger partial charge on any atom is -0.0843 e. The van der Waals surface area contributed by atoms with Gasteiger partial charge in [0.2, 0.25) is 0 Å². The molecule has 3 aromatic carbocycles.